The first-order valence-corrected chi connectivity index (χ1v) is 8.35. The van der Waals surface area contributed by atoms with Crippen LogP contribution < -0.4 is 10.1 Å². The van der Waals surface area contributed by atoms with E-state index in [1.54, 1.807) is 0 Å². The van der Waals surface area contributed by atoms with E-state index in [2.05, 4.69) is 23.5 Å². The third-order valence-electron chi connectivity index (χ3n) is 5.07. The highest BCUT2D eigenvalue weighted by atomic mass is 16.5. The highest BCUT2D eigenvalue weighted by Crippen LogP contribution is 2.33. The second-order valence-corrected chi connectivity index (χ2v) is 6.67. The van der Waals surface area contributed by atoms with Crippen molar-refractivity contribution in [2.24, 2.45) is 0 Å². The molecule has 0 amide bonds. The number of aryl methyl sites for hydroxylation is 1. The summed E-state index contributed by atoms with van der Waals surface area (Å²) in [4.78, 5) is 0. The number of fused-ring (bicyclic) bond motifs is 1. The molecule has 1 atom stereocenters. The molecule has 0 bridgehead atoms. The maximum absolute atomic E-state index is 10.5. The van der Waals surface area contributed by atoms with Crippen molar-refractivity contribution >= 4 is 0 Å². The SMILES string of the molecule is CNC1CCCc2ccc(OCC3(O)CCCCC3)cc21. The van der Waals surface area contributed by atoms with Crippen LogP contribution in [-0.4, -0.2) is 24.4 Å². The van der Waals surface area contributed by atoms with Gasteiger partial charge in [0.2, 0.25) is 0 Å². The first kappa shape index (κ1) is 14.9. The summed E-state index contributed by atoms with van der Waals surface area (Å²) in [7, 11) is 2.03. The quantitative estimate of drug-likeness (QED) is 0.893. The first-order chi connectivity index (χ1) is 10.2. The van der Waals surface area contributed by atoms with Crippen molar-refractivity contribution in [1.82, 2.24) is 5.32 Å². The van der Waals surface area contributed by atoms with Gasteiger partial charge in [0.05, 0.1) is 5.60 Å². The van der Waals surface area contributed by atoms with E-state index in [0.29, 0.717) is 12.6 Å². The van der Waals surface area contributed by atoms with Gasteiger partial charge < -0.3 is 15.2 Å². The van der Waals surface area contributed by atoms with Gasteiger partial charge in [0.15, 0.2) is 0 Å². The minimum Gasteiger partial charge on any atom is -0.491 e. The van der Waals surface area contributed by atoms with Crippen LogP contribution in [0.4, 0.5) is 0 Å². The standard InChI is InChI=1S/C18H27NO2/c1-19-17-7-5-6-14-8-9-15(12-16(14)17)21-13-18(20)10-3-2-4-11-18/h8-9,12,17,19-20H,2-7,10-11,13H2,1H3. The molecule has 3 rings (SSSR count). The molecular weight excluding hydrogens is 262 g/mol. The number of ether oxygens (including phenoxy) is 1. The highest BCUT2D eigenvalue weighted by molar-refractivity contribution is 5.39. The Morgan fingerprint density at radius 2 is 2.05 bits per heavy atom. The molecule has 1 aromatic rings. The Kier molecular flexibility index (Phi) is 4.51. The minimum absolute atomic E-state index is 0.427. The van der Waals surface area contributed by atoms with Crippen LogP contribution in [0.15, 0.2) is 18.2 Å². The fourth-order valence-corrected chi connectivity index (χ4v) is 3.74. The predicted molar refractivity (Wildman–Crippen MR) is 84.7 cm³/mol. The van der Waals surface area contributed by atoms with Crippen LogP contribution in [0.3, 0.4) is 0 Å². The van der Waals surface area contributed by atoms with E-state index in [0.717, 1.165) is 37.9 Å². The summed E-state index contributed by atoms with van der Waals surface area (Å²) in [5.41, 5.74) is 2.19. The van der Waals surface area contributed by atoms with Gasteiger partial charge in [-0.25, -0.2) is 0 Å². The Morgan fingerprint density at radius 1 is 1.24 bits per heavy atom. The number of rotatable bonds is 4. The molecule has 3 heteroatoms. The maximum Gasteiger partial charge on any atom is 0.119 e. The highest BCUT2D eigenvalue weighted by Gasteiger charge is 2.30. The Hall–Kier alpha value is -1.06. The number of hydrogen-bond acceptors (Lipinski definition) is 3. The average Bonchev–Trinajstić information content (AvgIpc) is 2.53. The van der Waals surface area contributed by atoms with Crippen molar-refractivity contribution in [3.05, 3.63) is 29.3 Å². The molecule has 1 fully saturated rings. The van der Waals surface area contributed by atoms with Crippen LogP contribution in [0.1, 0.15) is 62.1 Å². The minimum atomic E-state index is -0.615. The van der Waals surface area contributed by atoms with Crippen molar-refractivity contribution in [3.63, 3.8) is 0 Å². The fourth-order valence-electron chi connectivity index (χ4n) is 3.74. The van der Waals surface area contributed by atoms with Gasteiger partial charge in [0.1, 0.15) is 12.4 Å². The Bertz CT molecular complexity index is 480. The van der Waals surface area contributed by atoms with Gasteiger partial charge in [-0.05, 0) is 62.4 Å². The van der Waals surface area contributed by atoms with Gasteiger partial charge in [-0.1, -0.05) is 25.3 Å². The van der Waals surface area contributed by atoms with Crippen LogP contribution in [-0.2, 0) is 6.42 Å². The summed E-state index contributed by atoms with van der Waals surface area (Å²) in [6, 6.07) is 6.86. The molecule has 2 aliphatic carbocycles. The molecule has 0 radical (unpaired) electrons. The summed E-state index contributed by atoms with van der Waals surface area (Å²) in [6.07, 6.45) is 8.82. The molecule has 0 aromatic heterocycles. The molecule has 2 aliphatic rings. The van der Waals surface area contributed by atoms with E-state index in [9.17, 15) is 5.11 Å². The summed E-state index contributed by atoms with van der Waals surface area (Å²) >= 11 is 0. The number of nitrogens with one attached hydrogen (secondary N) is 1. The lowest BCUT2D eigenvalue weighted by Gasteiger charge is -2.32. The van der Waals surface area contributed by atoms with Crippen molar-refractivity contribution < 1.29 is 9.84 Å². The Morgan fingerprint density at radius 3 is 2.81 bits per heavy atom. The summed E-state index contributed by atoms with van der Waals surface area (Å²) < 4.78 is 5.93. The van der Waals surface area contributed by atoms with Gasteiger partial charge in [0, 0.05) is 6.04 Å². The van der Waals surface area contributed by atoms with Crippen LogP contribution in [0.5, 0.6) is 5.75 Å². The summed E-state index contributed by atoms with van der Waals surface area (Å²) in [6.45, 7) is 0.427. The second-order valence-electron chi connectivity index (χ2n) is 6.67. The largest absolute Gasteiger partial charge is 0.491 e. The zero-order valence-corrected chi connectivity index (χ0v) is 13.0. The average molecular weight is 289 g/mol. The van der Waals surface area contributed by atoms with Gasteiger partial charge >= 0.3 is 0 Å². The molecule has 1 aromatic carbocycles. The van der Waals surface area contributed by atoms with E-state index < -0.39 is 5.60 Å². The Balaban J connectivity index is 1.68. The van der Waals surface area contributed by atoms with Gasteiger partial charge in [-0.15, -0.1) is 0 Å². The van der Waals surface area contributed by atoms with Crippen LogP contribution in [0, 0.1) is 0 Å². The lowest BCUT2D eigenvalue weighted by Crippen LogP contribution is -2.37. The van der Waals surface area contributed by atoms with Crippen LogP contribution >= 0.6 is 0 Å². The van der Waals surface area contributed by atoms with E-state index in [1.807, 2.05) is 7.05 Å². The smallest absolute Gasteiger partial charge is 0.119 e. The molecule has 0 saturated heterocycles. The molecule has 3 nitrogen and oxygen atoms in total. The number of benzene rings is 1. The fraction of sp³-hybridized carbons (Fsp3) is 0.667. The van der Waals surface area contributed by atoms with Gasteiger partial charge in [-0.3, -0.25) is 0 Å². The summed E-state index contributed by atoms with van der Waals surface area (Å²) in [5.74, 6) is 0.898. The van der Waals surface area contributed by atoms with Gasteiger partial charge in [-0.2, -0.15) is 0 Å². The van der Waals surface area contributed by atoms with Gasteiger partial charge in [0.25, 0.3) is 0 Å². The van der Waals surface area contributed by atoms with E-state index in [4.69, 9.17) is 4.74 Å². The predicted octanol–water partition coefficient (Wildman–Crippen LogP) is 3.36. The van der Waals surface area contributed by atoms with Crippen molar-refractivity contribution in [2.45, 2.75) is 63.0 Å². The maximum atomic E-state index is 10.5. The van der Waals surface area contributed by atoms with Crippen molar-refractivity contribution in [1.29, 1.82) is 0 Å². The van der Waals surface area contributed by atoms with E-state index >= 15 is 0 Å². The topological polar surface area (TPSA) is 41.5 Å². The van der Waals surface area contributed by atoms with Crippen molar-refractivity contribution in [3.8, 4) is 5.75 Å². The summed E-state index contributed by atoms with van der Waals surface area (Å²) in [5, 5.41) is 13.9. The zero-order valence-electron chi connectivity index (χ0n) is 13.0. The molecule has 0 heterocycles. The van der Waals surface area contributed by atoms with Crippen LogP contribution in [0.2, 0.25) is 0 Å². The number of aliphatic hydroxyl groups is 1. The van der Waals surface area contributed by atoms with E-state index in [1.165, 1.54) is 30.4 Å². The first-order valence-electron chi connectivity index (χ1n) is 8.35. The monoisotopic (exact) mass is 289 g/mol. The molecule has 1 unspecified atom stereocenters. The lowest BCUT2D eigenvalue weighted by molar-refractivity contribution is -0.0339. The molecule has 116 valence electrons. The van der Waals surface area contributed by atoms with E-state index in [-0.39, 0.29) is 0 Å². The molecule has 2 N–H and O–H groups in total. The molecule has 0 aliphatic heterocycles. The van der Waals surface area contributed by atoms with Crippen molar-refractivity contribution in [2.75, 3.05) is 13.7 Å². The molecule has 0 spiro atoms. The zero-order chi connectivity index (χ0) is 14.7. The lowest BCUT2D eigenvalue weighted by atomic mass is 9.85. The number of hydrogen-bond donors (Lipinski definition) is 2. The third-order valence-corrected chi connectivity index (χ3v) is 5.07. The van der Waals surface area contributed by atoms with Crippen LogP contribution in [0.25, 0.3) is 0 Å². The Labute approximate surface area is 127 Å². The second kappa shape index (κ2) is 6.37. The molecule has 1 saturated carbocycles. The normalized spacial score (nSPS) is 24.4. The molecular formula is C18H27NO2. The third kappa shape index (κ3) is 3.41. The molecule has 21 heavy (non-hydrogen) atoms.